The molecule has 7 atom stereocenters. The van der Waals surface area contributed by atoms with E-state index >= 15 is 0 Å². The van der Waals surface area contributed by atoms with E-state index in [4.69, 9.17) is 9.47 Å². The van der Waals surface area contributed by atoms with Crippen LogP contribution in [0.3, 0.4) is 0 Å². The molecule has 3 rings (SSSR count). The van der Waals surface area contributed by atoms with Gasteiger partial charge in [-0.15, -0.1) is 0 Å². The molecule has 29 heavy (non-hydrogen) atoms. The van der Waals surface area contributed by atoms with E-state index in [0.29, 0.717) is 17.8 Å². The number of hydrogen-bond donors (Lipinski definition) is 0. The van der Waals surface area contributed by atoms with Gasteiger partial charge in [0.15, 0.2) is 0 Å². The lowest BCUT2D eigenvalue weighted by atomic mass is 9.65. The van der Waals surface area contributed by atoms with E-state index in [1.807, 2.05) is 0 Å². The van der Waals surface area contributed by atoms with E-state index < -0.39 is 41.1 Å². The molecule has 0 radical (unpaired) electrons. The molecule has 0 aromatic rings. The number of cyclic esters (lactones) is 4. The number of hydrogen-bond acceptors (Lipinski definition) is 6. The van der Waals surface area contributed by atoms with Crippen LogP contribution in [0.4, 0.5) is 0 Å². The standard InChI is InChI=1S/C23H34O6/c1-11(2)8-13(5)16-17(22(16,6)10-12(3)4)18-20(26)29-21(27)23(18,7)14-9-15(24)28-19(14)25/h11-14,16-18H,8-10H2,1-7H3. The lowest BCUT2D eigenvalue weighted by Gasteiger charge is -2.30. The highest BCUT2D eigenvalue weighted by Crippen LogP contribution is 2.72. The van der Waals surface area contributed by atoms with Gasteiger partial charge in [0.25, 0.3) is 0 Å². The summed E-state index contributed by atoms with van der Waals surface area (Å²) in [5.74, 6) is -2.71. The van der Waals surface area contributed by atoms with Gasteiger partial charge in [0.05, 0.1) is 23.7 Å². The first-order valence-corrected chi connectivity index (χ1v) is 10.8. The van der Waals surface area contributed by atoms with E-state index in [9.17, 15) is 19.2 Å². The Morgan fingerprint density at radius 1 is 0.931 bits per heavy atom. The molecule has 6 heteroatoms. The van der Waals surface area contributed by atoms with Gasteiger partial charge in [-0.25, -0.2) is 0 Å². The summed E-state index contributed by atoms with van der Waals surface area (Å²) >= 11 is 0. The third-order valence-electron chi connectivity index (χ3n) is 7.59. The van der Waals surface area contributed by atoms with Crippen molar-refractivity contribution in [2.45, 2.75) is 67.7 Å². The molecule has 0 N–H and O–H groups in total. The molecule has 1 saturated carbocycles. The molecular formula is C23H34O6. The first-order valence-electron chi connectivity index (χ1n) is 10.8. The van der Waals surface area contributed by atoms with Gasteiger partial charge in [0, 0.05) is 0 Å². The first-order chi connectivity index (χ1) is 13.3. The monoisotopic (exact) mass is 406 g/mol. The molecule has 0 bridgehead atoms. The molecule has 3 fully saturated rings. The van der Waals surface area contributed by atoms with E-state index in [1.54, 1.807) is 6.92 Å². The lowest BCUT2D eigenvalue weighted by Crippen LogP contribution is -2.42. The average Bonchev–Trinajstić information content (AvgIpc) is 2.83. The van der Waals surface area contributed by atoms with Gasteiger partial charge in [-0.2, -0.15) is 0 Å². The fourth-order valence-corrected chi connectivity index (χ4v) is 6.72. The van der Waals surface area contributed by atoms with Gasteiger partial charge in [-0.1, -0.05) is 41.5 Å². The molecule has 162 valence electrons. The number of esters is 4. The molecule has 0 spiro atoms. The summed E-state index contributed by atoms with van der Waals surface area (Å²) in [5.41, 5.74) is -1.46. The molecule has 0 aromatic carbocycles. The van der Waals surface area contributed by atoms with Crippen molar-refractivity contribution < 1.29 is 28.7 Å². The Hall–Kier alpha value is -1.72. The molecule has 3 aliphatic rings. The topological polar surface area (TPSA) is 86.7 Å². The maximum absolute atomic E-state index is 12.9. The van der Waals surface area contributed by atoms with E-state index in [2.05, 4.69) is 41.5 Å². The SMILES string of the molecule is CC(C)CC(C)C1C(C2C(=O)OC(=O)C2(C)C2CC(=O)OC2=O)C1(C)CC(C)C. The van der Waals surface area contributed by atoms with E-state index in [1.165, 1.54) is 0 Å². The van der Waals surface area contributed by atoms with Crippen LogP contribution < -0.4 is 0 Å². The Morgan fingerprint density at radius 2 is 1.55 bits per heavy atom. The van der Waals surface area contributed by atoms with Crippen LogP contribution in [0.2, 0.25) is 0 Å². The molecule has 2 saturated heterocycles. The molecule has 0 aromatic heterocycles. The summed E-state index contributed by atoms with van der Waals surface area (Å²) in [6, 6.07) is 0. The minimum absolute atomic E-state index is 0.0499. The molecule has 0 amide bonds. The molecular weight excluding hydrogens is 372 g/mol. The zero-order valence-electron chi connectivity index (χ0n) is 18.6. The Morgan fingerprint density at radius 3 is 2.03 bits per heavy atom. The van der Waals surface area contributed by atoms with Crippen LogP contribution in [0.15, 0.2) is 0 Å². The van der Waals surface area contributed by atoms with Crippen LogP contribution in [-0.2, 0) is 28.7 Å². The number of carbonyl (C=O) groups excluding carboxylic acids is 4. The summed E-state index contributed by atoms with van der Waals surface area (Å²) in [6.45, 7) is 14.7. The van der Waals surface area contributed by atoms with Gasteiger partial charge >= 0.3 is 23.9 Å². The van der Waals surface area contributed by atoms with Crippen LogP contribution in [-0.4, -0.2) is 23.9 Å². The fourth-order valence-electron chi connectivity index (χ4n) is 6.72. The number of ether oxygens (including phenoxy) is 2. The van der Waals surface area contributed by atoms with Crippen molar-refractivity contribution >= 4 is 23.9 Å². The van der Waals surface area contributed by atoms with Gasteiger partial charge < -0.3 is 9.47 Å². The number of carbonyl (C=O) groups is 4. The van der Waals surface area contributed by atoms with Crippen LogP contribution >= 0.6 is 0 Å². The maximum Gasteiger partial charge on any atom is 0.321 e. The minimum Gasteiger partial charge on any atom is -0.393 e. The predicted octanol–water partition coefficient (Wildman–Crippen LogP) is 3.76. The first kappa shape index (κ1) is 22.0. The van der Waals surface area contributed by atoms with Crippen molar-refractivity contribution in [1.29, 1.82) is 0 Å². The molecule has 2 heterocycles. The largest absolute Gasteiger partial charge is 0.393 e. The lowest BCUT2D eigenvalue weighted by molar-refractivity contribution is -0.161. The normalized spacial score (nSPS) is 40.6. The van der Waals surface area contributed by atoms with Gasteiger partial charge in [0.1, 0.15) is 0 Å². The van der Waals surface area contributed by atoms with Crippen molar-refractivity contribution in [1.82, 2.24) is 0 Å². The Kier molecular flexibility index (Phi) is 5.46. The molecule has 7 unspecified atom stereocenters. The second kappa shape index (κ2) is 7.21. The summed E-state index contributed by atoms with van der Waals surface area (Å²) < 4.78 is 9.83. The zero-order valence-corrected chi connectivity index (χ0v) is 18.6. The Balaban J connectivity index is 2.00. The second-order valence-corrected chi connectivity index (χ2v) is 10.8. The molecule has 2 aliphatic heterocycles. The second-order valence-electron chi connectivity index (χ2n) is 10.8. The van der Waals surface area contributed by atoms with Gasteiger partial charge in [-0.05, 0) is 54.8 Å². The van der Waals surface area contributed by atoms with Crippen molar-refractivity contribution in [3.63, 3.8) is 0 Å². The average molecular weight is 407 g/mol. The smallest absolute Gasteiger partial charge is 0.321 e. The van der Waals surface area contributed by atoms with Crippen LogP contribution in [0.25, 0.3) is 0 Å². The summed E-state index contributed by atoms with van der Waals surface area (Å²) in [7, 11) is 0. The number of rotatable bonds is 7. The summed E-state index contributed by atoms with van der Waals surface area (Å²) in [6.07, 6.45) is 1.80. The third-order valence-corrected chi connectivity index (χ3v) is 7.59. The molecule has 6 nitrogen and oxygen atoms in total. The van der Waals surface area contributed by atoms with Gasteiger partial charge in [0.2, 0.25) is 0 Å². The van der Waals surface area contributed by atoms with Crippen molar-refractivity contribution in [3.8, 4) is 0 Å². The van der Waals surface area contributed by atoms with E-state index in [-0.39, 0.29) is 23.7 Å². The summed E-state index contributed by atoms with van der Waals surface area (Å²) in [4.78, 5) is 49.8. The Labute approximate surface area is 173 Å². The zero-order chi connectivity index (χ0) is 21.9. The minimum atomic E-state index is -1.35. The molecule has 1 aliphatic carbocycles. The Bertz CT molecular complexity index is 740. The van der Waals surface area contributed by atoms with Gasteiger partial charge in [-0.3, -0.25) is 19.2 Å². The van der Waals surface area contributed by atoms with Crippen LogP contribution in [0.1, 0.15) is 67.7 Å². The summed E-state index contributed by atoms with van der Waals surface area (Å²) in [5, 5.41) is 0. The van der Waals surface area contributed by atoms with E-state index in [0.717, 1.165) is 12.8 Å². The van der Waals surface area contributed by atoms with Crippen LogP contribution in [0.5, 0.6) is 0 Å². The highest BCUT2D eigenvalue weighted by Gasteiger charge is 2.75. The quantitative estimate of drug-likeness (QED) is 0.473. The fraction of sp³-hybridized carbons (Fsp3) is 0.826. The highest BCUT2D eigenvalue weighted by molar-refractivity contribution is 6.05. The van der Waals surface area contributed by atoms with Crippen molar-refractivity contribution in [3.05, 3.63) is 0 Å². The highest BCUT2D eigenvalue weighted by atomic mass is 16.6. The predicted molar refractivity (Wildman–Crippen MR) is 105 cm³/mol. The van der Waals surface area contributed by atoms with Crippen molar-refractivity contribution in [2.24, 2.45) is 52.3 Å². The van der Waals surface area contributed by atoms with Crippen molar-refractivity contribution in [2.75, 3.05) is 0 Å². The van der Waals surface area contributed by atoms with Crippen LogP contribution in [0, 0.1) is 52.3 Å². The third kappa shape index (κ3) is 3.42. The maximum atomic E-state index is 12.9.